The van der Waals surface area contributed by atoms with Crippen LogP contribution in [0.5, 0.6) is 0 Å². The van der Waals surface area contributed by atoms with Gasteiger partial charge in [0.1, 0.15) is 0 Å². The number of halogens is 2. The highest BCUT2D eigenvalue weighted by atomic mass is 79.9. The number of rotatable bonds is 5. The van der Waals surface area contributed by atoms with Crippen molar-refractivity contribution in [2.75, 3.05) is 7.11 Å². The van der Waals surface area contributed by atoms with Crippen LogP contribution in [0.25, 0.3) is 0 Å². The van der Waals surface area contributed by atoms with E-state index in [0.29, 0.717) is 0 Å². The van der Waals surface area contributed by atoms with E-state index in [1.54, 1.807) is 7.11 Å². The average Bonchev–Trinajstić information content (AvgIpc) is 2.47. The Morgan fingerprint density at radius 3 is 2.65 bits per heavy atom. The van der Waals surface area contributed by atoms with Crippen molar-refractivity contribution in [3.05, 3.63) is 33.3 Å². The third-order valence-corrected chi connectivity index (χ3v) is 5.23. The number of hydrogen-bond donors (Lipinski definition) is 2. The molecule has 0 spiro atoms. The minimum atomic E-state index is -0.177. The second-order valence-corrected chi connectivity index (χ2v) is 6.81. The number of nitrogens with one attached hydrogen (secondary N) is 1. The van der Waals surface area contributed by atoms with Crippen LogP contribution in [0.2, 0.25) is 5.02 Å². The Kier molecular flexibility index (Phi) is 5.87. The molecule has 1 saturated carbocycles. The van der Waals surface area contributed by atoms with Gasteiger partial charge in [-0.25, -0.2) is 0 Å². The number of ether oxygens (including phenoxy) is 1. The molecule has 1 aliphatic rings. The summed E-state index contributed by atoms with van der Waals surface area (Å²) in [5.74, 6) is 5.81. The summed E-state index contributed by atoms with van der Waals surface area (Å²) in [7, 11) is 1.79. The number of benzene rings is 1. The van der Waals surface area contributed by atoms with Gasteiger partial charge in [-0.15, -0.1) is 0 Å². The van der Waals surface area contributed by atoms with E-state index < -0.39 is 0 Å². The molecule has 3 N–H and O–H groups in total. The summed E-state index contributed by atoms with van der Waals surface area (Å²) in [6.07, 6.45) is 6.54. The van der Waals surface area contributed by atoms with Gasteiger partial charge in [-0.05, 0) is 37.0 Å². The van der Waals surface area contributed by atoms with Crippen LogP contribution >= 0.6 is 27.5 Å². The van der Waals surface area contributed by atoms with Gasteiger partial charge in [0.25, 0.3) is 0 Å². The van der Waals surface area contributed by atoms with Crippen molar-refractivity contribution in [2.45, 2.75) is 50.2 Å². The first-order valence-corrected chi connectivity index (χ1v) is 8.23. The van der Waals surface area contributed by atoms with Crippen molar-refractivity contribution >= 4 is 27.5 Å². The fourth-order valence-corrected chi connectivity index (χ4v) is 3.90. The Morgan fingerprint density at radius 1 is 1.40 bits per heavy atom. The summed E-state index contributed by atoms with van der Waals surface area (Å²) >= 11 is 9.75. The number of methoxy groups -OCH3 is 1. The normalized spacial score (nSPS) is 19.8. The molecule has 2 rings (SSSR count). The molecule has 5 heteroatoms. The molecule has 0 amide bonds. The van der Waals surface area contributed by atoms with Gasteiger partial charge < -0.3 is 4.74 Å². The number of hydrogen-bond acceptors (Lipinski definition) is 3. The molecule has 20 heavy (non-hydrogen) atoms. The van der Waals surface area contributed by atoms with Gasteiger partial charge in [0.15, 0.2) is 0 Å². The zero-order chi connectivity index (χ0) is 14.6. The number of nitrogens with two attached hydrogens (primary N) is 1. The molecule has 1 aromatic rings. The summed E-state index contributed by atoms with van der Waals surface area (Å²) in [5.41, 5.74) is 3.88. The smallest absolute Gasteiger partial charge is 0.0847 e. The molecule has 0 aliphatic heterocycles. The lowest BCUT2D eigenvalue weighted by Gasteiger charge is -2.42. The zero-order valence-electron chi connectivity index (χ0n) is 11.8. The monoisotopic (exact) mass is 360 g/mol. The van der Waals surface area contributed by atoms with Crippen LogP contribution < -0.4 is 11.3 Å². The van der Waals surface area contributed by atoms with E-state index in [1.165, 1.54) is 19.3 Å². The van der Waals surface area contributed by atoms with E-state index in [4.69, 9.17) is 22.2 Å². The lowest BCUT2D eigenvalue weighted by molar-refractivity contribution is -0.0673. The molecule has 0 bridgehead atoms. The molecular formula is C15H22BrClN2O. The Labute approximate surface area is 134 Å². The molecule has 1 atom stereocenters. The topological polar surface area (TPSA) is 47.3 Å². The molecule has 1 aromatic carbocycles. The Bertz CT molecular complexity index is 449. The van der Waals surface area contributed by atoms with E-state index >= 15 is 0 Å². The van der Waals surface area contributed by atoms with E-state index in [1.807, 2.05) is 18.2 Å². The van der Waals surface area contributed by atoms with E-state index in [9.17, 15) is 0 Å². The summed E-state index contributed by atoms with van der Waals surface area (Å²) < 4.78 is 6.86. The van der Waals surface area contributed by atoms with Crippen molar-refractivity contribution in [1.82, 2.24) is 5.43 Å². The maximum atomic E-state index is 6.32. The Balaban J connectivity index is 2.18. The van der Waals surface area contributed by atoms with Gasteiger partial charge in [-0.3, -0.25) is 11.3 Å². The van der Waals surface area contributed by atoms with Crippen LogP contribution in [0, 0.1) is 0 Å². The minimum Gasteiger partial charge on any atom is -0.377 e. The van der Waals surface area contributed by atoms with Crippen LogP contribution in [0.3, 0.4) is 0 Å². The SMILES string of the molecule is COC1(C(Cc2ccc(Br)cc2Cl)NN)CCCCC1. The summed E-state index contributed by atoms with van der Waals surface area (Å²) in [6, 6.07) is 6.05. The van der Waals surface area contributed by atoms with Crippen molar-refractivity contribution in [1.29, 1.82) is 0 Å². The zero-order valence-corrected chi connectivity index (χ0v) is 14.1. The van der Waals surface area contributed by atoms with Gasteiger partial charge in [0.05, 0.1) is 11.6 Å². The third kappa shape index (κ3) is 3.55. The van der Waals surface area contributed by atoms with E-state index in [2.05, 4.69) is 21.4 Å². The summed E-state index contributed by atoms with van der Waals surface area (Å²) in [4.78, 5) is 0. The highest BCUT2D eigenvalue weighted by Gasteiger charge is 2.39. The second kappa shape index (κ2) is 7.23. The lowest BCUT2D eigenvalue weighted by atomic mass is 9.77. The molecule has 0 radical (unpaired) electrons. The predicted molar refractivity (Wildman–Crippen MR) is 86.8 cm³/mol. The first-order chi connectivity index (χ1) is 9.61. The van der Waals surface area contributed by atoms with Crippen LogP contribution in [0.1, 0.15) is 37.7 Å². The predicted octanol–water partition coefficient (Wildman–Crippen LogP) is 3.83. The van der Waals surface area contributed by atoms with Crippen molar-refractivity contribution in [3.63, 3.8) is 0 Å². The standard InChI is InChI=1S/C15H22BrClN2O/c1-20-15(7-3-2-4-8-15)14(19-18)9-11-5-6-12(16)10-13(11)17/h5-6,10,14,19H,2-4,7-9,18H2,1H3. The highest BCUT2D eigenvalue weighted by molar-refractivity contribution is 9.10. The van der Waals surface area contributed by atoms with Crippen LogP contribution in [0.15, 0.2) is 22.7 Å². The van der Waals surface area contributed by atoms with Crippen LogP contribution in [-0.4, -0.2) is 18.8 Å². The molecule has 1 fully saturated rings. The van der Waals surface area contributed by atoms with Gasteiger partial charge in [0.2, 0.25) is 0 Å². The molecule has 0 aromatic heterocycles. The van der Waals surface area contributed by atoms with Crippen LogP contribution in [0.4, 0.5) is 0 Å². The number of hydrazine groups is 1. The fourth-order valence-electron chi connectivity index (χ4n) is 3.15. The largest absolute Gasteiger partial charge is 0.377 e. The molecule has 3 nitrogen and oxygen atoms in total. The summed E-state index contributed by atoms with van der Waals surface area (Å²) in [6.45, 7) is 0. The van der Waals surface area contributed by atoms with Gasteiger partial charge in [-0.2, -0.15) is 0 Å². The Morgan fingerprint density at radius 2 is 2.10 bits per heavy atom. The lowest BCUT2D eigenvalue weighted by Crippen LogP contribution is -2.56. The molecule has 0 heterocycles. The van der Waals surface area contributed by atoms with Gasteiger partial charge in [0, 0.05) is 16.6 Å². The van der Waals surface area contributed by atoms with Crippen molar-refractivity contribution in [3.8, 4) is 0 Å². The van der Waals surface area contributed by atoms with Gasteiger partial charge in [-0.1, -0.05) is 52.9 Å². The molecule has 112 valence electrons. The highest BCUT2D eigenvalue weighted by Crippen LogP contribution is 2.36. The van der Waals surface area contributed by atoms with E-state index in [0.717, 1.165) is 34.3 Å². The van der Waals surface area contributed by atoms with Gasteiger partial charge >= 0.3 is 0 Å². The maximum Gasteiger partial charge on any atom is 0.0847 e. The first kappa shape index (κ1) is 16.2. The maximum absolute atomic E-state index is 6.32. The minimum absolute atomic E-state index is 0.0754. The molecular weight excluding hydrogens is 340 g/mol. The fraction of sp³-hybridized carbons (Fsp3) is 0.600. The first-order valence-electron chi connectivity index (χ1n) is 7.06. The average molecular weight is 362 g/mol. The quantitative estimate of drug-likeness (QED) is 0.619. The second-order valence-electron chi connectivity index (χ2n) is 5.49. The van der Waals surface area contributed by atoms with E-state index in [-0.39, 0.29) is 11.6 Å². The third-order valence-electron chi connectivity index (χ3n) is 4.38. The molecule has 1 unspecified atom stereocenters. The van der Waals surface area contributed by atoms with Crippen molar-refractivity contribution in [2.24, 2.45) is 5.84 Å². The Hall–Kier alpha value is -0.130. The van der Waals surface area contributed by atoms with Crippen LogP contribution in [-0.2, 0) is 11.2 Å². The summed E-state index contributed by atoms with van der Waals surface area (Å²) in [5, 5.41) is 0.765. The molecule has 1 aliphatic carbocycles. The molecule has 0 saturated heterocycles. The van der Waals surface area contributed by atoms with Crippen molar-refractivity contribution < 1.29 is 4.74 Å².